The summed E-state index contributed by atoms with van der Waals surface area (Å²) >= 11 is 0. The molecule has 140 valence electrons. The van der Waals surface area contributed by atoms with Gasteiger partial charge in [-0.1, -0.05) is 19.3 Å². The summed E-state index contributed by atoms with van der Waals surface area (Å²) in [7, 11) is 1.83. The highest BCUT2D eigenvalue weighted by Gasteiger charge is 2.47. The Labute approximate surface area is 150 Å². The fraction of sp³-hybridized carbons (Fsp3) is 0.895. The second kappa shape index (κ2) is 6.88. The molecule has 0 radical (unpaired) electrons. The second-order valence-corrected chi connectivity index (χ2v) is 8.59. The van der Waals surface area contributed by atoms with E-state index in [-0.39, 0.29) is 17.7 Å². The first kappa shape index (κ1) is 17.3. The molecular formula is C19H32N4O2. The molecule has 0 aromatic carbocycles. The number of carbonyl (C=O) groups excluding carboxylic acids is 1. The molecule has 1 aliphatic carbocycles. The van der Waals surface area contributed by atoms with Crippen LogP contribution < -0.4 is 5.73 Å². The first-order chi connectivity index (χ1) is 12.1. The molecule has 1 spiro atoms. The number of ether oxygens (including phenoxy) is 1. The van der Waals surface area contributed by atoms with E-state index in [9.17, 15) is 4.79 Å². The van der Waals surface area contributed by atoms with Crippen LogP contribution in [0.1, 0.15) is 51.4 Å². The molecule has 0 aromatic rings. The van der Waals surface area contributed by atoms with Crippen molar-refractivity contribution in [1.82, 2.24) is 9.80 Å². The van der Waals surface area contributed by atoms with Crippen molar-refractivity contribution in [1.29, 1.82) is 0 Å². The van der Waals surface area contributed by atoms with Crippen molar-refractivity contribution in [3.05, 3.63) is 0 Å². The summed E-state index contributed by atoms with van der Waals surface area (Å²) in [6.45, 7) is 2.65. The molecule has 3 atom stereocenters. The Morgan fingerprint density at radius 1 is 1.24 bits per heavy atom. The molecule has 25 heavy (non-hydrogen) atoms. The molecule has 1 saturated carbocycles. The average Bonchev–Trinajstić information content (AvgIpc) is 2.90. The second-order valence-electron chi connectivity index (χ2n) is 8.59. The van der Waals surface area contributed by atoms with Gasteiger partial charge in [-0.05, 0) is 25.2 Å². The molecular weight excluding hydrogens is 316 g/mol. The zero-order chi connectivity index (χ0) is 17.4. The summed E-state index contributed by atoms with van der Waals surface area (Å²) < 4.78 is 5.68. The minimum atomic E-state index is -0.266. The maximum atomic E-state index is 11.8. The number of hydrogen-bond acceptors (Lipinski definition) is 5. The maximum absolute atomic E-state index is 11.8. The number of likely N-dealkylation sites (tertiary alicyclic amines) is 1. The lowest BCUT2D eigenvalue weighted by Crippen LogP contribution is -2.57. The van der Waals surface area contributed by atoms with Gasteiger partial charge in [0, 0.05) is 45.2 Å². The fourth-order valence-corrected chi connectivity index (χ4v) is 5.32. The molecule has 2 N–H and O–H groups in total. The smallest absolute Gasteiger partial charge is 0.410 e. The van der Waals surface area contributed by atoms with Crippen LogP contribution in [0.25, 0.3) is 0 Å². The molecule has 4 aliphatic rings. The molecule has 3 fully saturated rings. The van der Waals surface area contributed by atoms with E-state index in [1.165, 1.54) is 32.1 Å². The van der Waals surface area contributed by atoms with Crippen LogP contribution in [-0.2, 0) is 4.74 Å². The van der Waals surface area contributed by atoms with Crippen molar-refractivity contribution in [2.24, 2.45) is 16.6 Å². The van der Waals surface area contributed by atoms with Crippen molar-refractivity contribution in [2.75, 3.05) is 26.7 Å². The van der Waals surface area contributed by atoms with Crippen molar-refractivity contribution in [2.45, 2.75) is 75.1 Å². The van der Waals surface area contributed by atoms with Crippen LogP contribution in [0.15, 0.2) is 4.99 Å². The largest absolute Gasteiger partial charge is 0.441 e. The zero-order valence-electron chi connectivity index (χ0n) is 15.4. The first-order valence-electron chi connectivity index (χ1n) is 10.0. The molecule has 3 heterocycles. The lowest BCUT2D eigenvalue weighted by molar-refractivity contribution is -0.0140. The minimum Gasteiger partial charge on any atom is -0.441 e. The van der Waals surface area contributed by atoms with Crippen LogP contribution in [0.4, 0.5) is 4.79 Å². The lowest BCUT2D eigenvalue weighted by Gasteiger charge is -2.45. The Balaban J connectivity index is 1.37. The third kappa shape index (κ3) is 3.43. The molecule has 2 saturated heterocycles. The Morgan fingerprint density at radius 3 is 2.60 bits per heavy atom. The predicted octanol–water partition coefficient (Wildman–Crippen LogP) is 2.02. The molecule has 4 rings (SSSR count). The van der Waals surface area contributed by atoms with Gasteiger partial charge in [-0.25, -0.2) is 4.79 Å². The maximum Gasteiger partial charge on any atom is 0.410 e. The van der Waals surface area contributed by atoms with Crippen LogP contribution in [0.5, 0.6) is 0 Å². The van der Waals surface area contributed by atoms with E-state index in [1.807, 2.05) is 13.3 Å². The number of likely N-dealkylation sites (N-methyl/N-ethyl adjacent to an activating group) is 1. The fourth-order valence-electron chi connectivity index (χ4n) is 5.32. The minimum absolute atomic E-state index is 0.0303. The predicted molar refractivity (Wildman–Crippen MR) is 97.9 cm³/mol. The van der Waals surface area contributed by atoms with Crippen molar-refractivity contribution in [3.8, 4) is 0 Å². The number of aliphatic imine (C=N–C) groups is 1. The molecule has 1 amide bonds. The number of rotatable bonds is 2. The Bertz CT molecular complexity index is 524. The van der Waals surface area contributed by atoms with E-state index in [1.54, 1.807) is 4.90 Å². The van der Waals surface area contributed by atoms with Gasteiger partial charge in [0.05, 0.1) is 18.6 Å². The quantitative estimate of drug-likeness (QED) is 0.829. The molecule has 6 nitrogen and oxygen atoms in total. The van der Waals surface area contributed by atoms with E-state index < -0.39 is 0 Å². The van der Waals surface area contributed by atoms with Gasteiger partial charge in [-0.3, -0.25) is 9.89 Å². The van der Waals surface area contributed by atoms with Gasteiger partial charge in [0.2, 0.25) is 0 Å². The molecule has 3 unspecified atom stereocenters. The highest BCUT2D eigenvalue weighted by molar-refractivity contribution is 5.70. The van der Waals surface area contributed by atoms with Gasteiger partial charge in [0.1, 0.15) is 5.60 Å². The highest BCUT2D eigenvalue weighted by Crippen LogP contribution is 2.36. The van der Waals surface area contributed by atoms with Crippen molar-refractivity contribution < 1.29 is 9.53 Å². The van der Waals surface area contributed by atoms with E-state index in [0.29, 0.717) is 12.1 Å². The van der Waals surface area contributed by atoms with Crippen LogP contribution in [-0.4, -0.2) is 72.5 Å². The number of carbonyl (C=O) groups is 1. The van der Waals surface area contributed by atoms with E-state index in [0.717, 1.165) is 44.8 Å². The summed E-state index contributed by atoms with van der Waals surface area (Å²) in [6.07, 6.45) is 11.5. The molecule has 3 aliphatic heterocycles. The summed E-state index contributed by atoms with van der Waals surface area (Å²) in [5.74, 6) is 0.751. The Hall–Kier alpha value is -1.14. The number of nitrogens with zero attached hydrogens (tertiary/aromatic N) is 3. The number of amides is 1. The van der Waals surface area contributed by atoms with Gasteiger partial charge < -0.3 is 15.4 Å². The van der Waals surface area contributed by atoms with Crippen LogP contribution in [0.3, 0.4) is 0 Å². The summed E-state index contributed by atoms with van der Waals surface area (Å²) in [5.41, 5.74) is 6.14. The number of nitrogens with two attached hydrogens (primary N) is 1. The monoisotopic (exact) mass is 348 g/mol. The van der Waals surface area contributed by atoms with Gasteiger partial charge >= 0.3 is 6.09 Å². The number of piperidine rings is 1. The van der Waals surface area contributed by atoms with E-state index in [4.69, 9.17) is 15.5 Å². The summed E-state index contributed by atoms with van der Waals surface area (Å²) in [4.78, 5) is 20.8. The van der Waals surface area contributed by atoms with Gasteiger partial charge in [-0.2, -0.15) is 0 Å². The molecule has 6 heteroatoms. The third-order valence-electron chi connectivity index (χ3n) is 6.89. The normalized spacial score (nSPS) is 36.8. The van der Waals surface area contributed by atoms with Gasteiger partial charge in [-0.15, -0.1) is 0 Å². The standard InChI is InChI=1S/C19H32N4O2/c1-22-13-19(25-18(22)24)7-9-23(10-8-19)17-11-16(21-12-15(17)20)14-5-3-2-4-6-14/h12,14-17H,2-11,13,20H2,1H3. The van der Waals surface area contributed by atoms with Crippen LogP contribution >= 0.6 is 0 Å². The first-order valence-corrected chi connectivity index (χ1v) is 10.0. The van der Waals surface area contributed by atoms with Crippen molar-refractivity contribution in [3.63, 3.8) is 0 Å². The molecule has 0 aromatic heterocycles. The topological polar surface area (TPSA) is 71.2 Å². The SMILES string of the molecule is CN1CC2(CCN(C3CC(C4CCCCC4)N=CC3N)CC2)OC1=O. The van der Waals surface area contributed by atoms with Gasteiger partial charge in [0.15, 0.2) is 0 Å². The summed E-state index contributed by atoms with van der Waals surface area (Å²) in [5, 5.41) is 0. The highest BCUT2D eigenvalue weighted by atomic mass is 16.6. The van der Waals surface area contributed by atoms with Gasteiger partial charge in [0.25, 0.3) is 0 Å². The van der Waals surface area contributed by atoms with E-state index >= 15 is 0 Å². The van der Waals surface area contributed by atoms with Crippen LogP contribution in [0, 0.1) is 5.92 Å². The zero-order valence-corrected chi connectivity index (χ0v) is 15.4. The number of hydrogen-bond donors (Lipinski definition) is 1. The summed E-state index contributed by atoms with van der Waals surface area (Å²) in [6, 6.07) is 0.871. The van der Waals surface area contributed by atoms with Crippen molar-refractivity contribution >= 4 is 12.3 Å². The Kier molecular flexibility index (Phi) is 4.75. The lowest BCUT2D eigenvalue weighted by atomic mass is 9.79. The average molecular weight is 348 g/mol. The molecule has 0 bridgehead atoms. The Morgan fingerprint density at radius 2 is 1.96 bits per heavy atom. The van der Waals surface area contributed by atoms with Crippen LogP contribution in [0.2, 0.25) is 0 Å². The third-order valence-corrected chi connectivity index (χ3v) is 6.89. The van der Waals surface area contributed by atoms with E-state index in [2.05, 4.69) is 4.90 Å².